The van der Waals surface area contributed by atoms with Gasteiger partial charge in [0.1, 0.15) is 5.82 Å². The van der Waals surface area contributed by atoms with E-state index in [0.717, 1.165) is 4.47 Å². The van der Waals surface area contributed by atoms with Crippen LogP contribution in [0.1, 0.15) is 30.1 Å². The van der Waals surface area contributed by atoms with Crippen molar-refractivity contribution in [2.45, 2.75) is 25.4 Å². The normalized spacial score (nSPS) is 18.2. The predicted octanol–water partition coefficient (Wildman–Crippen LogP) is 1.87. The molecule has 0 spiro atoms. The van der Waals surface area contributed by atoms with Crippen molar-refractivity contribution in [3.05, 3.63) is 22.3 Å². The van der Waals surface area contributed by atoms with Crippen molar-refractivity contribution in [3.63, 3.8) is 0 Å². The first-order valence-electron chi connectivity index (χ1n) is 6.28. The van der Waals surface area contributed by atoms with Gasteiger partial charge >= 0.3 is 0 Å². The molecule has 0 aliphatic carbocycles. The van der Waals surface area contributed by atoms with Crippen LogP contribution in [0, 0.1) is 0 Å². The van der Waals surface area contributed by atoms with Gasteiger partial charge in [-0.05, 0) is 41.8 Å². The summed E-state index contributed by atoms with van der Waals surface area (Å²) in [7, 11) is 1.74. The molecular weight excluding hydrogens is 310 g/mol. The molecule has 104 valence electrons. The van der Waals surface area contributed by atoms with E-state index in [0.29, 0.717) is 37.3 Å². The number of aromatic nitrogens is 1. The van der Waals surface area contributed by atoms with Gasteiger partial charge in [0.25, 0.3) is 5.91 Å². The topological polar surface area (TPSA) is 65.5 Å². The molecule has 1 aliphatic heterocycles. The van der Waals surface area contributed by atoms with Gasteiger partial charge in [0.2, 0.25) is 0 Å². The van der Waals surface area contributed by atoms with Gasteiger partial charge in [0, 0.05) is 30.8 Å². The van der Waals surface area contributed by atoms with Crippen LogP contribution in [0.15, 0.2) is 16.7 Å². The number of piperidine rings is 1. The number of aliphatic hydroxyl groups is 1. The maximum absolute atomic E-state index is 12.5. The molecule has 1 saturated heterocycles. The summed E-state index contributed by atoms with van der Waals surface area (Å²) in [5, 5.41) is 12.8. The third-order valence-electron chi connectivity index (χ3n) is 3.45. The zero-order valence-corrected chi connectivity index (χ0v) is 12.7. The van der Waals surface area contributed by atoms with Crippen LogP contribution in [0.25, 0.3) is 0 Å². The Hall–Kier alpha value is -1.14. The number of likely N-dealkylation sites (tertiary alicyclic amines) is 1. The molecule has 2 N–H and O–H groups in total. The standard InChI is InChI=1S/C13H18BrN3O2/c1-13(19)3-5-17(6-4-13)12(18)10-7-9(14)8-16-11(10)15-2/h7-8,19H,3-6H2,1-2H3,(H,15,16). The van der Waals surface area contributed by atoms with Gasteiger partial charge in [-0.2, -0.15) is 0 Å². The monoisotopic (exact) mass is 327 g/mol. The van der Waals surface area contributed by atoms with E-state index >= 15 is 0 Å². The number of nitrogens with one attached hydrogen (secondary N) is 1. The Kier molecular flexibility index (Phi) is 4.10. The minimum absolute atomic E-state index is 0.0475. The third kappa shape index (κ3) is 3.25. The van der Waals surface area contributed by atoms with Crippen molar-refractivity contribution >= 4 is 27.7 Å². The Bertz CT molecular complexity index is 481. The fourth-order valence-electron chi connectivity index (χ4n) is 2.16. The summed E-state index contributed by atoms with van der Waals surface area (Å²) >= 11 is 3.33. The highest BCUT2D eigenvalue weighted by Crippen LogP contribution is 2.25. The van der Waals surface area contributed by atoms with Gasteiger partial charge in [-0.25, -0.2) is 4.98 Å². The maximum Gasteiger partial charge on any atom is 0.257 e. The average Bonchev–Trinajstić information content (AvgIpc) is 2.38. The summed E-state index contributed by atoms with van der Waals surface area (Å²) in [6.07, 6.45) is 2.87. The molecule has 1 fully saturated rings. The number of hydrogen-bond acceptors (Lipinski definition) is 4. The van der Waals surface area contributed by atoms with Crippen LogP contribution in [0.5, 0.6) is 0 Å². The number of carbonyl (C=O) groups excluding carboxylic acids is 1. The zero-order valence-electron chi connectivity index (χ0n) is 11.1. The van der Waals surface area contributed by atoms with Crippen molar-refractivity contribution in [2.24, 2.45) is 0 Å². The highest BCUT2D eigenvalue weighted by atomic mass is 79.9. The summed E-state index contributed by atoms with van der Waals surface area (Å²) in [6, 6.07) is 1.77. The van der Waals surface area contributed by atoms with Gasteiger partial charge in [0.05, 0.1) is 11.2 Å². The van der Waals surface area contributed by atoms with E-state index in [-0.39, 0.29) is 5.91 Å². The van der Waals surface area contributed by atoms with E-state index in [4.69, 9.17) is 0 Å². The highest BCUT2D eigenvalue weighted by molar-refractivity contribution is 9.10. The number of anilines is 1. The summed E-state index contributed by atoms with van der Waals surface area (Å²) in [5.41, 5.74) is -0.101. The molecule has 6 heteroatoms. The fraction of sp³-hybridized carbons (Fsp3) is 0.538. The van der Waals surface area contributed by atoms with Crippen LogP contribution < -0.4 is 5.32 Å². The van der Waals surface area contributed by atoms with E-state index in [1.807, 2.05) is 6.92 Å². The second kappa shape index (κ2) is 5.46. The van der Waals surface area contributed by atoms with E-state index in [2.05, 4.69) is 26.2 Å². The van der Waals surface area contributed by atoms with Crippen LogP contribution in [-0.2, 0) is 0 Å². The minimum atomic E-state index is -0.655. The summed E-state index contributed by atoms with van der Waals surface area (Å²) < 4.78 is 0.777. The molecule has 2 rings (SSSR count). The number of carbonyl (C=O) groups is 1. The number of hydrogen-bond donors (Lipinski definition) is 2. The molecule has 0 atom stereocenters. The first-order valence-corrected chi connectivity index (χ1v) is 7.07. The van der Waals surface area contributed by atoms with Crippen molar-refractivity contribution in [2.75, 3.05) is 25.5 Å². The van der Waals surface area contributed by atoms with Gasteiger partial charge in [-0.1, -0.05) is 0 Å². The van der Waals surface area contributed by atoms with Crippen molar-refractivity contribution in [3.8, 4) is 0 Å². The molecular formula is C13H18BrN3O2. The van der Waals surface area contributed by atoms with Crippen LogP contribution in [0.2, 0.25) is 0 Å². The molecule has 1 aliphatic rings. The van der Waals surface area contributed by atoms with Gasteiger partial charge in [0.15, 0.2) is 0 Å². The lowest BCUT2D eigenvalue weighted by Gasteiger charge is -2.36. The van der Waals surface area contributed by atoms with Crippen LogP contribution in [0.4, 0.5) is 5.82 Å². The lowest BCUT2D eigenvalue weighted by Crippen LogP contribution is -2.45. The van der Waals surface area contributed by atoms with Crippen molar-refractivity contribution in [1.29, 1.82) is 0 Å². The number of amides is 1. The van der Waals surface area contributed by atoms with Crippen LogP contribution in [0.3, 0.4) is 0 Å². The molecule has 0 aromatic carbocycles. The Balaban J connectivity index is 2.18. The lowest BCUT2D eigenvalue weighted by atomic mass is 9.93. The molecule has 19 heavy (non-hydrogen) atoms. The Morgan fingerprint density at radius 3 is 2.74 bits per heavy atom. The van der Waals surface area contributed by atoms with Crippen molar-refractivity contribution in [1.82, 2.24) is 9.88 Å². The number of nitrogens with zero attached hydrogens (tertiary/aromatic N) is 2. The van der Waals surface area contributed by atoms with Crippen molar-refractivity contribution < 1.29 is 9.90 Å². The van der Waals surface area contributed by atoms with Gasteiger partial charge in [-0.15, -0.1) is 0 Å². The molecule has 1 aromatic rings. The van der Waals surface area contributed by atoms with Crippen LogP contribution in [-0.4, -0.2) is 46.6 Å². The second-order valence-corrected chi connectivity index (χ2v) is 6.00. The fourth-order valence-corrected chi connectivity index (χ4v) is 2.49. The smallest absolute Gasteiger partial charge is 0.257 e. The number of halogens is 1. The largest absolute Gasteiger partial charge is 0.390 e. The molecule has 0 saturated carbocycles. The van der Waals surface area contributed by atoms with E-state index in [9.17, 15) is 9.90 Å². The van der Waals surface area contributed by atoms with Gasteiger partial charge < -0.3 is 15.3 Å². The molecule has 1 amide bonds. The Morgan fingerprint density at radius 1 is 1.53 bits per heavy atom. The third-order valence-corrected chi connectivity index (χ3v) is 3.88. The lowest BCUT2D eigenvalue weighted by molar-refractivity contribution is -0.00200. The second-order valence-electron chi connectivity index (χ2n) is 5.09. The van der Waals surface area contributed by atoms with E-state index in [1.165, 1.54) is 0 Å². The number of pyridine rings is 1. The van der Waals surface area contributed by atoms with E-state index in [1.54, 1.807) is 24.2 Å². The first-order chi connectivity index (χ1) is 8.93. The SMILES string of the molecule is CNc1ncc(Br)cc1C(=O)N1CCC(C)(O)CC1. The minimum Gasteiger partial charge on any atom is -0.390 e. The average molecular weight is 328 g/mol. The maximum atomic E-state index is 12.5. The van der Waals surface area contributed by atoms with Gasteiger partial charge in [-0.3, -0.25) is 4.79 Å². The summed E-state index contributed by atoms with van der Waals surface area (Å²) in [6.45, 7) is 2.96. The molecule has 0 unspecified atom stereocenters. The molecule has 5 nitrogen and oxygen atoms in total. The molecule has 0 radical (unpaired) electrons. The number of rotatable bonds is 2. The Labute approximate surface area is 121 Å². The molecule has 2 heterocycles. The van der Waals surface area contributed by atoms with Crippen LogP contribution >= 0.6 is 15.9 Å². The summed E-state index contributed by atoms with van der Waals surface area (Å²) in [5.74, 6) is 0.527. The predicted molar refractivity (Wildman–Crippen MR) is 77.2 cm³/mol. The first kappa shape index (κ1) is 14.3. The molecule has 1 aromatic heterocycles. The van der Waals surface area contributed by atoms with E-state index < -0.39 is 5.60 Å². The molecule has 0 bridgehead atoms. The Morgan fingerprint density at radius 2 is 2.16 bits per heavy atom. The summed E-state index contributed by atoms with van der Waals surface area (Å²) in [4.78, 5) is 18.4. The highest BCUT2D eigenvalue weighted by Gasteiger charge is 2.30. The zero-order chi connectivity index (χ0) is 14.0. The quantitative estimate of drug-likeness (QED) is 0.870.